The van der Waals surface area contributed by atoms with Crippen molar-refractivity contribution in [2.75, 3.05) is 20.1 Å². The van der Waals surface area contributed by atoms with Crippen LogP contribution >= 0.6 is 12.2 Å². The van der Waals surface area contributed by atoms with Gasteiger partial charge in [0.25, 0.3) is 5.91 Å². The molecule has 3 fully saturated rings. The smallest absolute Gasteiger partial charge is 0.254 e. The summed E-state index contributed by atoms with van der Waals surface area (Å²) in [5, 5.41) is 7.53. The first-order valence-electron chi connectivity index (χ1n) is 9.42. The Hall–Kier alpha value is -0.680. The number of thiocarbonyl (C=S) groups is 1. The SMILES string of the molecule is CN1C(=O)C(CCC2CCCCC2)(C[C@H]2CCCNC2)NC1=S. The minimum atomic E-state index is -0.438. The zero-order chi connectivity index (χ0) is 16.3. The molecule has 0 spiro atoms. The molecule has 1 saturated carbocycles. The topological polar surface area (TPSA) is 44.4 Å². The Labute approximate surface area is 145 Å². The quantitative estimate of drug-likeness (QED) is 0.757. The van der Waals surface area contributed by atoms with Crippen LogP contribution in [0.25, 0.3) is 0 Å². The van der Waals surface area contributed by atoms with Gasteiger partial charge in [-0.3, -0.25) is 9.69 Å². The number of carbonyl (C=O) groups is 1. The molecule has 0 aromatic carbocycles. The summed E-state index contributed by atoms with van der Waals surface area (Å²) in [5.41, 5.74) is -0.438. The van der Waals surface area contributed by atoms with E-state index in [4.69, 9.17) is 12.2 Å². The van der Waals surface area contributed by atoms with Crippen LogP contribution in [-0.2, 0) is 4.79 Å². The molecule has 2 N–H and O–H groups in total. The number of hydrogen-bond donors (Lipinski definition) is 2. The highest BCUT2D eigenvalue weighted by atomic mass is 32.1. The Morgan fingerprint density at radius 3 is 2.52 bits per heavy atom. The Bertz CT molecular complexity index is 444. The maximum absolute atomic E-state index is 12.9. The highest BCUT2D eigenvalue weighted by Crippen LogP contribution is 2.35. The van der Waals surface area contributed by atoms with Crippen molar-refractivity contribution < 1.29 is 4.79 Å². The molecule has 0 aromatic rings. The molecule has 0 radical (unpaired) electrons. The molecule has 2 aliphatic heterocycles. The summed E-state index contributed by atoms with van der Waals surface area (Å²) in [6.45, 7) is 2.15. The Morgan fingerprint density at radius 2 is 1.91 bits per heavy atom. The van der Waals surface area contributed by atoms with Crippen molar-refractivity contribution >= 4 is 23.2 Å². The van der Waals surface area contributed by atoms with E-state index in [-0.39, 0.29) is 5.91 Å². The highest BCUT2D eigenvalue weighted by molar-refractivity contribution is 7.80. The largest absolute Gasteiger partial charge is 0.348 e. The molecule has 0 bridgehead atoms. The van der Waals surface area contributed by atoms with E-state index in [1.807, 2.05) is 7.05 Å². The van der Waals surface area contributed by atoms with Crippen LogP contribution in [0.5, 0.6) is 0 Å². The summed E-state index contributed by atoms with van der Waals surface area (Å²) in [4.78, 5) is 14.6. The molecule has 1 unspecified atom stereocenters. The molecule has 3 aliphatic rings. The minimum Gasteiger partial charge on any atom is -0.348 e. The highest BCUT2D eigenvalue weighted by Gasteiger charge is 2.48. The van der Waals surface area contributed by atoms with Crippen LogP contribution in [-0.4, -0.2) is 41.6 Å². The molecule has 1 amide bonds. The Kier molecular flexibility index (Phi) is 5.57. The van der Waals surface area contributed by atoms with Gasteiger partial charge in [0.05, 0.1) is 0 Å². The maximum atomic E-state index is 12.9. The van der Waals surface area contributed by atoms with Gasteiger partial charge in [0, 0.05) is 7.05 Å². The fraction of sp³-hybridized carbons (Fsp3) is 0.889. The van der Waals surface area contributed by atoms with Crippen molar-refractivity contribution in [2.24, 2.45) is 11.8 Å². The van der Waals surface area contributed by atoms with Crippen molar-refractivity contribution in [2.45, 2.75) is 69.7 Å². The van der Waals surface area contributed by atoms with Crippen LogP contribution in [0.2, 0.25) is 0 Å². The van der Waals surface area contributed by atoms with E-state index >= 15 is 0 Å². The van der Waals surface area contributed by atoms with Gasteiger partial charge in [-0.2, -0.15) is 0 Å². The molecule has 130 valence electrons. The molecule has 3 rings (SSSR count). The van der Waals surface area contributed by atoms with Gasteiger partial charge in [-0.1, -0.05) is 32.1 Å². The third-order valence-corrected chi connectivity index (χ3v) is 6.48. The third kappa shape index (κ3) is 3.87. The lowest BCUT2D eigenvalue weighted by Gasteiger charge is -2.34. The van der Waals surface area contributed by atoms with E-state index in [0.29, 0.717) is 11.0 Å². The average Bonchev–Trinajstić information content (AvgIpc) is 2.79. The summed E-state index contributed by atoms with van der Waals surface area (Å²) in [6, 6.07) is 0. The number of carbonyl (C=O) groups excluding carboxylic acids is 1. The number of amides is 1. The predicted molar refractivity (Wildman–Crippen MR) is 97.3 cm³/mol. The molecular formula is C18H31N3OS. The monoisotopic (exact) mass is 337 g/mol. The molecule has 2 atom stereocenters. The van der Waals surface area contributed by atoms with E-state index in [9.17, 15) is 4.79 Å². The molecule has 5 heteroatoms. The fourth-order valence-corrected chi connectivity index (χ4v) is 4.96. The van der Waals surface area contributed by atoms with E-state index < -0.39 is 5.54 Å². The normalized spacial score (nSPS) is 33.1. The first-order chi connectivity index (χ1) is 11.1. The average molecular weight is 338 g/mol. The summed E-state index contributed by atoms with van der Waals surface area (Å²) in [5.74, 6) is 1.59. The van der Waals surface area contributed by atoms with E-state index in [1.165, 1.54) is 44.9 Å². The number of likely N-dealkylation sites (N-methyl/N-ethyl adjacent to an activating group) is 1. The molecule has 4 nitrogen and oxygen atoms in total. The lowest BCUT2D eigenvalue weighted by molar-refractivity contribution is -0.131. The standard InChI is InChI=1S/C18H31N3OS/c1-21-16(22)18(20-17(21)23,12-15-8-5-11-19-13-15)10-9-14-6-3-2-4-7-14/h14-15,19H,2-13H2,1H3,(H,20,23)/t15-,18?/m1/s1. The summed E-state index contributed by atoms with van der Waals surface area (Å²) in [6.07, 6.45) is 12.3. The zero-order valence-electron chi connectivity index (χ0n) is 14.4. The molecule has 1 aliphatic carbocycles. The van der Waals surface area contributed by atoms with Crippen molar-refractivity contribution in [3.63, 3.8) is 0 Å². The summed E-state index contributed by atoms with van der Waals surface area (Å²) < 4.78 is 0. The van der Waals surface area contributed by atoms with Gasteiger partial charge in [-0.05, 0) is 69.2 Å². The number of rotatable bonds is 5. The molecule has 23 heavy (non-hydrogen) atoms. The first-order valence-corrected chi connectivity index (χ1v) is 9.82. The van der Waals surface area contributed by atoms with Crippen molar-refractivity contribution in [1.29, 1.82) is 0 Å². The number of nitrogens with zero attached hydrogens (tertiary/aromatic N) is 1. The van der Waals surface area contributed by atoms with Crippen LogP contribution in [0.3, 0.4) is 0 Å². The lowest BCUT2D eigenvalue weighted by atomic mass is 9.77. The van der Waals surface area contributed by atoms with Crippen LogP contribution < -0.4 is 10.6 Å². The second-order valence-corrected chi connectivity index (χ2v) is 8.22. The van der Waals surface area contributed by atoms with Gasteiger partial charge in [-0.15, -0.1) is 0 Å². The van der Waals surface area contributed by atoms with Crippen molar-refractivity contribution in [3.05, 3.63) is 0 Å². The Balaban J connectivity index is 1.67. The van der Waals surface area contributed by atoms with Gasteiger partial charge < -0.3 is 10.6 Å². The van der Waals surface area contributed by atoms with Gasteiger partial charge in [0.1, 0.15) is 5.54 Å². The second kappa shape index (κ2) is 7.47. The van der Waals surface area contributed by atoms with Crippen molar-refractivity contribution in [3.8, 4) is 0 Å². The van der Waals surface area contributed by atoms with Gasteiger partial charge >= 0.3 is 0 Å². The zero-order valence-corrected chi connectivity index (χ0v) is 15.2. The summed E-state index contributed by atoms with van der Waals surface area (Å²) >= 11 is 5.38. The molecule has 2 heterocycles. The molecule has 0 aromatic heterocycles. The fourth-order valence-electron chi connectivity index (χ4n) is 4.68. The minimum absolute atomic E-state index is 0.198. The first kappa shape index (κ1) is 17.2. The molecular weight excluding hydrogens is 306 g/mol. The van der Waals surface area contributed by atoms with Crippen LogP contribution in [0.4, 0.5) is 0 Å². The van der Waals surface area contributed by atoms with Crippen LogP contribution in [0.15, 0.2) is 0 Å². The van der Waals surface area contributed by atoms with Gasteiger partial charge in [0.15, 0.2) is 5.11 Å². The predicted octanol–water partition coefficient (Wildman–Crippen LogP) is 2.82. The van der Waals surface area contributed by atoms with Gasteiger partial charge in [0.2, 0.25) is 0 Å². The molecule has 2 saturated heterocycles. The third-order valence-electron chi connectivity index (χ3n) is 6.11. The van der Waals surface area contributed by atoms with Crippen LogP contribution in [0.1, 0.15) is 64.2 Å². The van der Waals surface area contributed by atoms with E-state index in [0.717, 1.165) is 38.3 Å². The number of piperidine rings is 1. The number of hydrogen-bond acceptors (Lipinski definition) is 3. The van der Waals surface area contributed by atoms with E-state index in [1.54, 1.807) is 4.90 Å². The summed E-state index contributed by atoms with van der Waals surface area (Å²) in [7, 11) is 1.82. The maximum Gasteiger partial charge on any atom is 0.254 e. The van der Waals surface area contributed by atoms with Crippen molar-refractivity contribution in [1.82, 2.24) is 15.5 Å². The van der Waals surface area contributed by atoms with Gasteiger partial charge in [-0.25, -0.2) is 0 Å². The van der Waals surface area contributed by atoms with E-state index in [2.05, 4.69) is 10.6 Å². The Morgan fingerprint density at radius 1 is 1.17 bits per heavy atom. The van der Waals surface area contributed by atoms with Crippen LogP contribution in [0, 0.1) is 11.8 Å². The lowest BCUT2D eigenvalue weighted by Crippen LogP contribution is -2.50. The number of nitrogens with one attached hydrogen (secondary N) is 2. The second-order valence-electron chi connectivity index (χ2n) is 7.84.